The number of benzene rings is 1. The van der Waals surface area contributed by atoms with Gasteiger partial charge in [-0.3, -0.25) is 4.79 Å². The molecule has 0 radical (unpaired) electrons. The van der Waals surface area contributed by atoms with Crippen LogP contribution in [0.4, 0.5) is 5.69 Å². The van der Waals surface area contributed by atoms with E-state index in [0.717, 1.165) is 28.7 Å². The van der Waals surface area contributed by atoms with E-state index in [9.17, 15) is 4.79 Å². The number of hydrogen-bond donors (Lipinski definition) is 1. The Morgan fingerprint density at radius 1 is 1.21 bits per heavy atom. The number of aromatic nitrogens is 2. The van der Waals surface area contributed by atoms with Crippen molar-refractivity contribution in [3.63, 3.8) is 0 Å². The van der Waals surface area contributed by atoms with Gasteiger partial charge in [-0.1, -0.05) is 43.8 Å². The van der Waals surface area contributed by atoms with Crippen LogP contribution in [0.1, 0.15) is 50.2 Å². The molecule has 4 nitrogen and oxygen atoms in total. The maximum Gasteiger partial charge on any atom is 0.237 e. The molecule has 128 valence electrons. The molecule has 2 atom stereocenters. The number of carbonyl (C=O) groups excluding carboxylic acids is 1. The summed E-state index contributed by atoms with van der Waals surface area (Å²) in [4.78, 5) is 21.2. The number of anilines is 1. The van der Waals surface area contributed by atoms with Gasteiger partial charge in [-0.15, -0.1) is 0 Å². The van der Waals surface area contributed by atoms with Crippen LogP contribution in [-0.4, -0.2) is 21.1 Å². The molecule has 0 aliphatic rings. The number of amides is 1. The van der Waals surface area contributed by atoms with Gasteiger partial charge in [0, 0.05) is 11.4 Å². The Bertz CT molecular complexity index is 697. The Labute approximate surface area is 148 Å². The molecule has 5 heteroatoms. The first kappa shape index (κ1) is 18.5. The minimum Gasteiger partial charge on any atom is -0.325 e. The highest BCUT2D eigenvalue weighted by molar-refractivity contribution is 8.00. The zero-order chi connectivity index (χ0) is 17.7. The van der Waals surface area contributed by atoms with Gasteiger partial charge in [0.1, 0.15) is 10.9 Å². The van der Waals surface area contributed by atoms with Gasteiger partial charge in [0.2, 0.25) is 5.91 Å². The third-order valence-electron chi connectivity index (χ3n) is 3.97. The number of rotatable bonds is 6. The average Bonchev–Trinajstić information content (AvgIpc) is 2.53. The number of hydrogen-bond acceptors (Lipinski definition) is 4. The summed E-state index contributed by atoms with van der Waals surface area (Å²) in [5.41, 5.74) is 3.00. The van der Waals surface area contributed by atoms with E-state index in [-0.39, 0.29) is 11.2 Å². The summed E-state index contributed by atoms with van der Waals surface area (Å²) < 4.78 is 0. The summed E-state index contributed by atoms with van der Waals surface area (Å²) in [6, 6.07) is 9.93. The molecule has 0 saturated heterocycles. The van der Waals surface area contributed by atoms with Crippen LogP contribution in [0, 0.1) is 13.8 Å². The summed E-state index contributed by atoms with van der Waals surface area (Å²) in [5.74, 6) is 1.13. The molecule has 0 aliphatic carbocycles. The molecule has 0 aliphatic heterocycles. The van der Waals surface area contributed by atoms with Crippen LogP contribution in [0.5, 0.6) is 0 Å². The Morgan fingerprint density at radius 3 is 2.58 bits per heavy atom. The van der Waals surface area contributed by atoms with Gasteiger partial charge in [-0.05, 0) is 50.8 Å². The van der Waals surface area contributed by atoms with Gasteiger partial charge in [0.25, 0.3) is 0 Å². The van der Waals surface area contributed by atoms with Gasteiger partial charge in [-0.25, -0.2) is 9.97 Å². The lowest BCUT2D eigenvalue weighted by molar-refractivity contribution is -0.115. The van der Waals surface area contributed by atoms with Crippen molar-refractivity contribution in [2.24, 2.45) is 0 Å². The van der Waals surface area contributed by atoms with E-state index in [4.69, 9.17) is 0 Å². The van der Waals surface area contributed by atoms with Crippen molar-refractivity contribution in [1.82, 2.24) is 9.97 Å². The van der Waals surface area contributed by atoms with E-state index in [2.05, 4.69) is 35.2 Å². The monoisotopic (exact) mass is 343 g/mol. The first-order valence-electron chi connectivity index (χ1n) is 8.29. The van der Waals surface area contributed by atoms with Gasteiger partial charge >= 0.3 is 0 Å². The van der Waals surface area contributed by atoms with Crippen LogP contribution >= 0.6 is 11.8 Å². The molecule has 1 amide bonds. The van der Waals surface area contributed by atoms with Crippen molar-refractivity contribution in [2.45, 2.75) is 57.2 Å². The van der Waals surface area contributed by atoms with Crippen LogP contribution in [0.15, 0.2) is 35.4 Å². The smallest absolute Gasteiger partial charge is 0.237 e. The zero-order valence-electron chi connectivity index (χ0n) is 15.0. The lowest BCUT2D eigenvalue weighted by Crippen LogP contribution is -2.23. The van der Waals surface area contributed by atoms with Crippen molar-refractivity contribution in [2.75, 3.05) is 5.32 Å². The molecule has 0 fully saturated rings. The fourth-order valence-electron chi connectivity index (χ4n) is 2.47. The number of aryl methyl sites for hydroxylation is 2. The van der Waals surface area contributed by atoms with E-state index in [1.54, 1.807) is 0 Å². The van der Waals surface area contributed by atoms with E-state index in [1.165, 1.54) is 17.3 Å². The van der Waals surface area contributed by atoms with Crippen molar-refractivity contribution < 1.29 is 4.79 Å². The van der Waals surface area contributed by atoms with Gasteiger partial charge in [-0.2, -0.15) is 0 Å². The molecule has 2 rings (SSSR count). The number of nitrogens with one attached hydrogen (secondary N) is 1. The first-order valence-corrected chi connectivity index (χ1v) is 9.17. The van der Waals surface area contributed by atoms with Crippen LogP contribution in [0.2, 0.25) is 0 Å². The van der Waals surface area contributed by atoms with E-state index in [1.807, 2.05) is 45.0 Å². The molecule has 1 aromatic carbocycles. The summed E-state index contributed by atoms with van der Waals surface area (Å²) in [6.45, 7) is 10.0. The maximum absolute atomic E-state index is 12.6. The minimum atomic E-state index is -0.233. The average molecular weight is 343 g/mol. The molecule has 1 heterocycles. The predicted molar refractivity (Wildman–Crippen MR) is 101 cm³/mol. The number of para-hydroxylation sites is 1. The third-order valence-corrected chi connectivity index (χ3v) is 4.99. The van der Waals surface area contributed by atoms with Gasteiger partial charge in [0.05, 0.1) is 5.25 Å². The number of carbonyl (C=O) groups is 1. The Hall–Kier alpha value is -1.88. The maximum atomic E-state index is 12.6. The highest BCUT2D eigenvalue weighted by atomic mass is 32.2. The summed E-state index contributed by atoms with van der Waals surface area (Å²) in [7, 11) is 0. The molecule has 1 N–H and O–H groups in total. The quantitative estimate of drug-likeness (QED) is 0.609. The number of thioether (sulfide) groups is 1. The van der Waals surface area contributed by atoms with Gasteiger partial charge < -0.3 is 5.32 Å². The molecule has 0 saturated carbocycles. The molecular formula is C19H25N3OS. The normalized spacial score (nSPS) is 13.4. The third kappa shape index (κ3) is 4.81. The standard InChI is InChI=1S/C19H25N3OS/c1-6-12(2)16-9-7-8-10-17(16)22-19(23)14(4)24-18-11-13(3)20-15(5)21-18/h7-12,14H,6H2,1-5H3,(H,22,23). The van der Waals surface area contributed by atoms with E-state index < -0.39 is 0 Å². The lowest BCUT2D eigenvalue weighted by Gasteiger charge is -2.17. The van der Waals surface area contributed by atoms with Crippen LogP contribution in [0.3, 0.4) is 0 Å². The summed E-state index contributed by atoms with van der Waals surface area (Å²) >= 11 is 1.46. The highest BCUT2D eigenvalue weighted by Crippen LogP contribution is 2.28. The summed E-state index contributed by atoms with van der Waals surface area (Å²) in [5, 5.41) is 3.67. The topological polar surface area (TPSA) is 54.9 Å². The highest BCUT2D eigenvalue weighted by Gasteiger charge is 2.18. The molecule has 24 heavy (non-hydrogen) atoms. The Kier molecular flexibility index (Phi) is 6.37. The fourth-order valence-corrected chi connectivity index (χ4v) is 3.42. The zero-order valence-corrected chi connectivity index (χ0v) is 15.8. The second kappa shape index (κ2) is 8.29. The fraction of sp³-hybridized carbons (Fsp3) is 0.421. The first-order chi connectivity index (χ1) is 11.4. The summed E-state index contributed by atoms with van der Waals surface area (Å²) in [6.07, 6.45) is 1.04. The van der Waals surface area contributed by atoms with Crippen LogP contribution < -0.4 is 5.32 Å². The van der Waals surface area contributed by atoms with E-state index >= 15 is 0 Å². The molecular weight excluding hydrogens is 318 g/mol. The molecule has 2 aromatic rings. The number of nitrogens with zero attached hydrogens (tertiary/aromatic N) is 2. The van der Waals surface area contributed by atoms with Crippen molar-refractivity contribution >= 4 is 23.4 Å². The molecule has 2 unspecified atom stereocenters. The Morgan fingerprint density at radius 2 is 1.92 bits per heavy atom. The van der Waals surface area contributed by atoms with Crippen LogP contribution in [-0.2, 0) is 4.79 Å². The van der Waals surface area contributed by atoms with Crippen LogP contribution in [0.25, 0.3) is 0 Å². The molecule has 0 bridgehead atoms. The molecule has 0 spiro atoms. The van der Waals surface area contributed by atoms with Crippen molar-refractivity contribution in [3.8, 4) is 0 Å². The lowest BCUT2D eigenvalue weighted by atomic mass is 9.97. The van der Waals surface area contributed by atoms with Crippen molar-refractivity contribution in [3.05, 3.63) is 47.4 Å². The molecule has 1 aromatic heterocycles. The van der Waals surface area contributed by atoms with Crippen molar-refractivity contribution in [1.29, 1.82) is 0 Å². The second-order valence-electron chi connectivity index (χ2n) is 6.04. The van der Waals surface area contributed by atoms with E-state index in [0.29, 0.717) is 5.92 Å². The SMILES string of the molecule is CCC(C)c1ccccc1NC(=O)C(C)Sc1cc(C)nc(C)n1. The largest absolute Gasteiger partial charge is 0.325 e. The van der Waals surface area contributed by atoms with Gasteiger partial charge in [0.15, 0.2) is 0 Å². The second-order valence-corrected chi connectivity index (χ2v) is 7.40. The predicted octanol–water partition coefficient (Wildman–Crippen LogP) is 4.73. The Balaban J connectivity index is 2.09. The minimum absolute atomic E-state index is 0.00956.